The topological polar surface area (TPSA) is 113 Å². The SMILES string of the molecule is COc1cc([C@H]2C3=CC[C@@H]4C(=O)NC(=O)[C@@H]4[C@@H]3C[C@H]3C(=O)N(c4ccccc4)C(=O)[C@@]23C)c(Br)c(Br)c1O. The molecule has 6 atom stereocenters. The molecular weight excluding hydrogens is 620 g/mol. The van der Waals surface area contributed by atoms with Crippen molar-refractivity contribution in [3.8, 4) is 11.5 Å². The maximum atomic E-state index is 14.3. The molecule has 2 heterocycles. The monoisotopic (exact) mass is 642 g/mol. The van der Waals surface area contributed by atoms with E-state index in [1.54, 1.807) is 30.3 Å². The Morgan fingerprint density at radius 1 is 1.05 bits per heavy atom. The van der Waals surface area contributed by atoms with Gasteiger partial charge in [0.15, 0.2) is 11.5 Å². The van der Waals surface area contributed by atoms with Crippen LogP contribution in [-0.4, -0.2) is 35.8 Å². The maximum absolute atomic E-state index is 14.3. The highest BCUT2D eigenvalue weighted by Crippen LogP contribution is 2.64. The molecule has 2 aromatic rings. The summed E-state index contributed by atoms with van der Waals surface area (Å²) in [7, 11) is 1.44. The van der Waals surface area contributed by atoms with Crippen molar-refractivity contribution in [2.45, 2.75) is 25.7 Å². The molecule has 2 N–H and O–H groups in total. The fourth-order valence-corrected chi connectivity index (χ4v) is 8.03. The summed E-state index contributed by atoms with van der Waals surface area (Å²) in [6.45, 7) is 1.81. The summed E-state index contributed by atoms with van der Waals surface area (Å²) in [5.41, 5.74) is 0.801. The van der Waals surface area contributed by atoms with Gasteiger partial charge < -0.3 is 9.84 Å². The minimum absolute atomic E-state index is 0.102. The third-order valence-corrected chi connectivity index (χ3v) is 11.0. The number of nitrogens with zero attached hydrogens (tertiary/aromatic N) is 1. The van der Waals surface area contributed by atoms with Gasteiger partial charge in [0.2, 0.25) is 23.6 Å². The number of aromatic hydroxyl groups is 1. The molecule has 0 unspecified atom stereocenters. The Bertz CT molecular complexity index is 1460. The third kappa shape index (κ3) is 3.25. The highest BCUT2D eigenvalue weighted by atomic mass is 79.9. The molecule has 4 amide bonds. The number of hydrogen-bond acceptors (Lipinski definition) is 6. The fourth-order valence-electron chi connectivity index (χ4n) is 7.07. The van der Waals surface area contributed by atoms with E-state index in [1.165, 1.54) is 12.0 Å². The van der Waals surface area contributed by atoms with E-state index >= 15 is 0 Å². The first-order valence-electron chi connectivity index (χ1n) is 12.3. The molecule has 2 aliphatic heterocycles. The van der Waals surface area contributed by atoms with E-state index in [0.29, 0.717) is 26.6 Å². The number of anilines is 1. The Morgan fingerprint density at radius 2 is 1.76 bits per heavy atom. The van der Waals surface area contributed by atoms with Gasteiger partial charge in [0, 0.05) is 10.4 Å². The first-order chi connectivity index (χ1) is 18.1. The zero-order valence-corrected chi connectivity index (χ0v) is 23.7. The van der Waals surface area contributed by atoms with Crippen LogP contribution in [0.15, 0.2) is 57.0 Å². The molecule has 0 bridgehead atoms. The normalized spacial score (nSPS) is 31.9. The second-order valence-corrected chi connectivity index (χ2v) is 12.1. The number of ether oxygens (including phenoxy) is 1. The highest BCUT2D eigenvalue weighted by molar-refractivity contribution is 9.13. The quantitative estimate of drug-likeness (QED) is 0.378. The van der Waals surface area contributed by atoms with Gasteiger partial charge in [-0.15, -0.1) is 0 Å². The molecule has 2 saturated heterocycles. The van der Waals surface area contributed by atoms with Crippen LogP contribution in [0.5, 0.6) is 11.5 Å². The van der Waals surface area contributed by atoms with Crippen molar-refractivity contribution in [2.75, 3.05) is 12.0 Å². The predicted octanol–water partition coefficient (Wildman–Crippen LogP) is 4.44. The summed E-state index contributed by atoms with van der Waals surface area (Å²) in [6.07, 6.45) is 2.62. The van der Waals surface area contributed by atoms with Crippen molar-refractivity contribution in [2.24, 2.45) is 29.1 Å². The van der Waals surface area contributed by atoms with E-state index in [9.17, 15) is 24.3 Å². The van der Waals surface area contributed by atoms with Gasteiger partial charge in [0.25, 0.3) is 0 Å². The van der Waals surface area contributed by atoms with E-state index in [4.69, 9.17) is 4.74 Å². The molecule has 3 fully saturated rings. The molecule has 10 heteroatoms. The average Bonchev–Trinajstić information content (AvgIpc) is 3.31. The van der Waals surface area contributed by atoms with Gasteiger partial charge in [-0.1, -0.05) is 29.8 Å². The Morgan fingerprint density at radius 3 is 2.45 bits per heavy atom. The maximum Gasteiger partial charge on any atom is 0.241 e. The number of rotatable bonds is 3. The van der Waals surface area contributed by atoms with Crippen LogP contribution in [0.25, 0.3) is 0 Å². The van der Waals surface area contributed by atoms with Crippen molar-refractivity contribution >= 4 is 61.2 Å². The number of benzene rings is 2. The van der Waals surface area contributed by atoms with Crippen LogP contribution in [-0.2, 0) is 19.2 Å². The molecule has 6 rings (SSSR count). The predicted molar refractivity (Wildman–Crippen MR) is 144 cm³/mol. The summed E-state index contributed by atoms with van der Waals surface area (Å²) >= 11 is 7.04. The lowest BCUT2D eigenvalue weighted by Crippen LogP contribution is -2.49. The standard InChI is InChI=1S/C28H24Br2N2O6/c1-28-17(26(36)32(27(28)37)12-6-4-3-5-7-12)10-15-13(8-9-14-19(15)25(35)31-24(14)34)20(28)16-11-18(38-2)23(33)22(30)21(16)29/h3-8,11,14-15,17,19-20,33H,9-10H2,1-2H3,(H,31,34,35)/t14-,15+,17-,19-,20+,28+/m0/s1. The molecule has 2 aromatic carbocycles. The van der Waals surface area contributed by atoms with Crippen molar-refractivity contribution in [1.82, 2.24) is 5.32 Å². The number of imide groups is 2. The number of nitrogens with one attached hydrogen (secondary N) is 1. The minimum Gasteiger partial charge on any atom is -0.503 e. The van der Waals surface area contributed by atoms with Crippen LogP contribution in [0.4, 0.5) is 5.69 Å². The van der Waals surface area contributed by atoms with E-state index in [0.717, 1.165) is 5.57 Å². The number of hydrogen-bond donors (Lipinski definition) is 2. The van der Waals surface area contributed by atoms with E-state index in [2.05, 4.69) is 37.2 Å². The number of allylic oxidation sites excluding steroid dienone is 2. The molecule has 0 aromatic heterocycles. The Labute approximate surface area is 235 Å². The molecule has 4 aliphatic rings. The van der Waals surface area contributed by atoms with Crippen LogP contribution < -0.4 is 15.0 Å². The molecule has 0 spiro atoms. The van der Waals surface area contributed by atoms with Crippen molar-refractivity contribution in [3.63, 3.8) is 0 Å². The van der Waals surface area contributed by atoms with Crippen LogP contribution >= 0.6 is 31.9 Å². The zero-order valence-electron chi connectivity index (χ0n) is 20.5. The van der Waals surface area contributed by atoms with E-state index in [-0.39, 0.29) is 41.5 Å². The van der Waals surface area contributed by atoms with Crippen LogP contribution in [0.1, 0.15) is 31.2 Å². The molecule has 0 radical (unpaired) electrons. The van der Waals surface area contributed by atoms with E-state index in [1.807, 2.05) is 19.1 Å². The summed E-state index contributed by atoms with van der Waals surface area (Å²) < 4.78 is 6.32. The van der Waals surface area contributed by atoms with Gasteiger partial charge in [-0.05, 0) is 81.3 Å². The van der Waals surface area contributed by atoms with Gasteiger partial charge in [-0.3, -0.25) is 24.5 Å². The van der Waals surface area contributed by atoms with Gasteiger partial charge in [-0.2, -0.15) is 0 Å². The minimum atomic E-state index is -1.19. The van der Waals surface area contributed by atoms with Crippen molar-refractivity contribution in [1.29, 1.82) is 0 Å². The van der Waals surface area contributed by atoms with Gasteiger partial charge in [0.1, 0.15) is 0 Å². The highest BCUT2D eigenvalue weighted by Gasteiger charge is 2.67. The Hall–Kier alpha value is -2.98. The first kappa shape index (κ1) is 25.3. The van der Waals surface area contributed by atoms with Crippen LogP contribution in [0.3, 0.4) is 0 Å². The lowest BCUT2D eigenvalue weighted by molar-refractivity contribution is -0.131. The van der Waals surface area contributed by atoms with Crippen LogP contribution in [0, 0.1) is 29.1 Å². The Kier molecular flexibility index (Phi) is 5.84. The molecule has 8 nitrogen and oxygen atoms in total. The summed E-state index contributed by atoms with van der Waals surface area (Å²) in [5.74, 6) is -4.03. The number of methoxy groups -OCH3 is 1. The zero-order chi connectivity index (χ0) is 27.1. The number of phenols is 1. The second kappa shape index (κ2) is 8.77. The van der Waals surface area contributed by atoms with Gasteiger partial charge in [-0.25, -0.2) is 4.90 Å². The molecule has 2 aliphatic carbocycles. The number of carbonyl (C=O) groups excluding carboxylic acids is 4. The lowest BCUT2D eigenvalue weighted by atomic mass is 9.51. The third-order valence-electron chi connectivity index (χ3n) is 8.84. The molecule has 1 saturated carbocycles. The van der Waals surface area contributed by atoms with Crippen LogP contribution in [0.2, 0.25) is 0 Å². The van der Waals surface area contributed by atoms with Gasteiger partial charge >= 0.3 is 0 Å². The lowest BCUT2D eigenvalue weighted by Gasteiger charge is -2.49. The molecule has 38 heavy (non-hydrogen) atoms. The number of halogens is 2. The summed E-state index contributed by atoms with van der Waals surface area (Å²) in [6, 6.07) is 10.5. The van der Waals surface area contributed by atoms with E-state index < -0.39 is 35.0 Å². The largest absolute Gasteiger partial charge is 0.503 e. The second-order valence-electron chi connectivity index (χ2n) is 10.5. The summed E-state index contributed by atoms with van der Waals surface area (Å²) in [4.78, 5) is 55.1. The fraction of sp³-hybridized carbons (Fsp3) is 0.357. The van der Waals surface area contributed by atoms with Gasteiger partial charge in [0.05, 0.1) is 40.4 Å². The number of fused-ring (bicyclic) bond motifs is 4. The smallest absolute Gasteiger partial charge is 0.241 e. The van der Waals surface area contributed by atoms with Crippen molar-refractivity contribution in [3.05, 3.63) is 62.6 Å². The average molecular weight is 644 g/mol. The Balaban J connectivity index is 1.60. The number of amides is 4. The molecular formula is C28H24Br2N2O6. The number of carbonyl (C=O) groups is 4. The first-order valence-corrected chi connectivity index (χ1v) is 13.9. The summed E-state index contributed by atoms with van der Waals surface area (Å²) in [5, 5.41) is 13.1. The van der Waals surface area contributed by atoms with Crippen molar-refractivity contribution < 1.29 is 29.0 Å². The number of para-hydroxylation sites is 1. The molecule has 196 valence electrons. The number of phenolic OH excluding ortho intramolecular Hbond substituents is 1.